The molecule has 0 amide bonds. The van der Waals surface area contributed by atoms with E-state index in [0.29, 0.717) is 0 Å². The fourth-order valence-electron chi connectivity index (χ4n) is 0.443. The number of hydrogen-bond acceptors (Lipinski definition) is 3. The van der Waals surface area contributed by atoms with Crippen LogP contribution in [0, 0.1) is 10.8 Å². The second-order valence-corrected chi connectivity index (χ2v) is 5.03. The molecule has 0 saturated heterocycles. The average Bonchev–Trinajstić information content (AvgIpc) is 2.01. The van der Waals surface area contributed by atoms with E-state index < -0.39 is 15.6 Å². The molecule has 0 atom stereocenters. The van der Waals surface area contributed by atoms with E-state index in [1.54, 1.807) is 13.8 Å². The van der Waals surface area contributed by atoms with Crippen LogP contribution in [0.4, 0.5) is 0 Å². The monoisotopic (exact) mass is 208 g/mol. The molecule has 0 aromatic carbocycles. The van der Waals surface area contributed by atoms with Crippen LogP contribution in [0.5, 0.6) is 0 Å². The molecule has 0 rings (SSSR count). The van der Waals surface area contributed by atoms with Gasteiger partial charge in [0.25, 0.3) is 10.2 Å². The molecule has 7 heteroatoms. The van der Waals surface area contributed by atoms with Crippen molar-refractivity contribution in [1.82, 2.24) is 9.44 Å². The average molecular weight is 208 g/mol. The highest BCUT2D eigenvalue weighted by atomic mass is 32.2. The molecule has 13 heavy (non-hydrogen) atoms. The van der Waals surface area contributed by atoms with Gasteiger partial charge < -0.3 is 5.73 Å². The molecule has 0 heterocycles. The summed E-state index contributed by atoms with van der Waals surface area (Å²) in [5.74, 6) is -0.0497. The standard InChI is InChI=1S/C6H16N4O2S/c1-6(2,5(7)8)4-10-13(11,12)9-3/h9-10H,4H2,1-3H3,(H3,7,8). The summed E-state index contributed by atoms with van der Waals surface area (Å²) in [6.45, 7) is 3.48. The van der Waals surface area contributed by atoms with E-state index in [1.165, 1.54) is 7.05 Å². The predicted molar refractivity (Wildman–Crippen MR) is 51.7 cm³/mol. The van der Waals surface area contributed by atoms with Gasteiger partial charge in [-0.15, -0.1) is 0 Å². The molecule has 5 N–H and O–H groups in total. The van der Waals surface area contributed by atoms with Gasteiger partial charge in [0.15, 0.2) is 0 Å². The van der Waals surface area contributed by atoms with E-state index in [4.69, 9.17) is 11.1 Å². The summed E-state index contributed by atoms with van der Waals surface area (Å²) in [5, 5.41) is 7.18. The lowest BCUT2D eigenvalue weighted by atomic mass is 9.93. The molecule has 0 saturated carbocycles. The summed E-state index contributed by atoms with van der Waals surface area (Å²) >= 11 is 0. The Morgan fingerprint density at radius 3 is 2.31 bits per heavy atom. The van der Waals surface area contributed by atoms with Crippen LogP contribution >= 0.6 is 0 Å². The summed E-state index contributed by atoms with van der Waals surface area (Å²) < 4.78 is 26.2. The zero-order chi connectivity index (χ0) is 10.7. The molecule has 0 fully saturated rings. The summed E-state index contributed by atoms with van der Waals surface area (Å²) in [6, 6.07) is 0. The van der Waals surface area contributed by atoms with Crippen molar-refractivity contribution in [2.75, 3.05) is 13.6 Å². The number of amidine groups is 1. The van der Waals surface area contributed by atoms with E-state index in [-0.39, 0.29) is 12.4 Å². The topological polar surface area (TPSA) is 108 Å². The van der Waals surface area contributed by atoms with Gasteiger partial charge >= 0.3 is 0 Å². The van der Waals surface area contributed by atoms with Crippen LogP contribution in [-0.4, -0.2) is 27.8 Å². The first-order chi connectivity index (χ1) is 5.71. The van der Waals surface area contributed by atoms with Gasteiger partial charge in [-0.05, 0) is 0 Å². The van der Waals surface area contributed by atoms with E-state index >= 15 is 0 Å². The van der Waals surface area contributed by atoms with Gasteiger partial charge in [0.1, 0.15) is 0 Å². The maximum atomic E-state index is 10.9. The lowest BCUT2D eigenvalue weighted by Crippen LogP contribution is -2.44. The normalized spacial score (nSPS) is 12.8. The van der Waals surface area contributed by atoms with E-state index in [2.05, 4.69) is 9.44 Å². The third-order valence-electron chi connectivity index (χ3n) is 1.70. The zero-order valence-corrected chi connectivity index (χ0v) is 8.83. The molecule has 6 nitrogen and oxygen atoms in total. The molecule has 0 aliphatic heterocycles. The molecule has 0 radical (unpaired) electrons. The van der Waals surface area contributed by atoms with Crippen molar-refractivity contribution in [2.24, 2.45) is 11.1 Å². The van der Waals surface area contributed by atoms with Crippen molar-refractivity contribution < 1.29 is 8.42 Å². The Labute approximate surface area is 78.6 Å². The molecular weight excluding hydrogens is 192 g/mol. The molecule has 0 aromatic heterocycles. The Hall–Kier alpha value is -0.660. The van der Waals surface area contributed by atoms with Crippen molar-refractivity contribution in [3.63, 3.8) is 0 Å². The van der Waals surface area contributed by atoms with Crippen molar-refractivity contribution in [2.45, 2.75) is 13.8 Å². The molecule has 0 aliphatic rings. The Bertz CT molecular complexity index is 283. The van der Waals surface area contributed by atoms with Crippen LogP contribution in [0.3, 0.4) is 0 Å². The SMILES string of the molecule is CNS(=O)(=O)NCC(C)(C)C(=N)N. The van der Waals surface area contributed by atoms with Crippen LogP contribution in [-0.2, 0) is 10.2 Å². The van der Waals surface area contributed by atoms with Gasteiger partial charge in [0, 0.05) is 19.0 Å². The number of nitrogens with two attached hydrogens (primary N) is 1. The van der Waals surface area contributed by atoms with Crippen molar-refractivity contribution in [3.05, 3.63) is 0 Å². The van der Waals surface area contributed by atoms with Crippen LogP contribution < -0.4 is 15.2 Å². The van der Waals surface area contributed by atoms with E-state index in [9.17, 15) is 8.42 Å². The summed E-state index contributed by atoms with van der Waals surface area (Å²) in [5.41, 5.74) is 4.61. The molecule has 78 valence electrons. The molecular formula is C6H16N4O2S. The highest BCUT2D eigenvalue weighted by molar-refractivity contribution is 7.87. The first kappa shape index (κ1) is 12.3. The van der Waals surface area contributed by atoms with Gasteiger partial charge in [-0.1, -0.05) is 13.8 Å². The Morgan fingerprint density at radius 1 is 1.54 bits per heavy atom. The second-order valence-electron chi connectivity index (χ2n) is 3.33. The van der Waals surface area contributed by atoms with Crippen LogP contribution in [0.1, 0.15) is 13.8 Å². The summed E-state index contributed by atoms with van der Waals surface area (Å²) in [7, 11) is -2.13. The fourth-order valence-corrected chi connectivity index (χ4v) is 1.14. The van der Waals surface area contributed by atoms with Gasteiger partial charge in [-0.2, -0.15) is 8.42 Å². The van der Waals surface area contributed by atoms with Crippen molar-refractivity contribution in [3.8, 4) is 0 Å². The lowest BCUT2D eigenvalue weighted by molar-refractivity contribution is 0.490. The largest absolute Gasteiger partial charge is 0.387 e. The highest BCUT2D eigenvalue weighted by Gasteiger charge is 2.23. The van der Waals surface area contributed by atoms with E-state index in [0.717, 1.165) is 0 Å². The quantitative estimate of drug-likeness (QED) is 0.344. The smallest absolute Gasteiger partial charge is 0.276 e. The third kappa shape index (κ3) is 4.20. The molecule has 0 bridgehead atoms. The maximum absolute atomic E-state index is 10.9. The Kier molecular flexibility index (Phi) is 3.83. The second kappa shape index (κ2) is 4.03. The molecule has 0 unspecified atom stereocenters. The van der Waals surface area contributed by atoms with Crippen molar-refractivity contribution >= 4 is 16.0 Å². The Balaban J connectivity index is 4.26. The number of rotatable bonds is 5. The van der Waals surface area contributed by atoms with Crippen LogP contribution in [0.15, 0.2) is 0 Å². The maximum Gasteiger partial charge on any atom is 0.276 e. The molecule has 0 spiro atoms. The minimum atomic E-state index is -3.44. The minimum absolute atomic E-state index is 0.0497. The van der Waals surface area contributed by atoms with Gasteiger partial charge in [-0.25, -0.2) is 9.44 Å². The molecule has 0 aliphatic carbocycles. The molecule has 0 aromatic rings. The Morgan fingerprint density at radius 2 is 2.00 bits per heavy atom. The fraction of sp³-hybridized carbons (Fsp3) is 0.833. The van der Waals surface area contributed by atoms with Gasteiger partial charge in [0.05, 0.1) is 5.84 Å². The lowest BCUT2D eigenvalue weighted by Gasteiger charge is -2.22. The first-order valence-corrected chi connectivity index (χ1v) is 5.22. The first-order valence-electron chi connectivity index (χ1n) is 3.74. The van der Waals surface area contributed by atoms with Crippen LogP contribution in [0.25, 0.3) is 0 Å². The van der Waals surface area contributed by atoms with Gasteiger partial charge in [0.2, 0.25) is 0 Å². The zero-order valence-electron chi connectivity index (χ0n) is 8.01. The van der Waals surface area contributed by atoms with Crippen LogP contribution in [0.2, 0.25) is 0 Å². The van der Waals surface area contributed by atoms with E-state index in [1.807, 2.05) is 0 Å². The predicted octanol–water partition coefficient (Wildman–Crippen LogP) is -0.998. The summed E-state index contributed by atoms with van der Waals surface area (Å²) in [4.78, 5) is 0. The van der Waals surface area contributed by atoms with Crippen molar-refractivity contribution in [1.29, 1.82) is 5.41 Å². The number of hydrogen-bond donors (Lipinski definition) is 4. The number of nitrogens with one attached hydrogen (secondary N) is 3. The highest BCUT2D eigenvalue weighted by Crippen LogP contribution is 2.12. The summed E-state index contributed by atoms with van der Waals surface area (Å²) in [6.07, 6.45) is 0. The van der Waals surface area contributed by atoms with Gasteiger partial charge in [-0.3, -0.25) is 5.41 Å². The minimum Gasteiger partial charge on any atom is -0.387 e. The third-order valence-corrected chi connectivity index (χ3v) is 2.76.